The Labute approximate surface area is 90.4 Å². The van der Waals surface area contributed by atoms with Gasteiger partial charge in [0.25, 0.3) is 0 Å². The fourth-order valence-electron chi connectivity index (χ4n) is 1.44. The third kappa shape index (κ3) is 3.98. The van der Waals surface area contributed by atoms with Crippen molar-refractivity contribution in [1.82, 2.24) is 5.32 Å². The summed E-state index contributed by atoms with van der Waals surface area (Å²) in [7, 11) is 1.88. The summed E-state index contributed by atoms with van der Waals surface area (Å²) in [6.07, 6.45) is 0.143. The molecule has 1 unspecified atom stereocenters. The molecule has 15 heavy (non-hydrogen) atoms. The van der Waals surface area contributed by atoms with Gasteiger partial charge < -0.3 is 10.1 Å². The van der Waals surface area contributed by atoms with Crippen LogP contribution in [0.4, 0.5) is 4.39 Å². The number of hydrogen-bond donors (Lipinski definition) is 1. The van der Waals surface area contributed by atoms with Crippen LogP contribution in [-0.4, -0.2) is 19.7 Å². The van der Waals surface area contributed by atoms with Gasteiger partial charge in [0.2, 0.25) is 0 Å². The van der Waals surface area contributed by atoms with E-state index >= 15 is 0 Å². The maximum Gasteiger partial charge on any atom is 0.123 e. The SMILES string of the molecule is CNCC(OC(C)C)c1ccc(F)cc1. The third-order valence-electron chi connectivity index (χ3n) is 2.07. The first-order valence-electron chi connectivity index (χ1n) is 5.19. The van der Waals surface area contributed by atoms with Crippen LogP contribution in [-0.2, 0) is 4.74 Å². The van der Waals surface area contributed by atoms with E-state index in [0.29, 0.717) is 0 Å². The van der Waals surface area contributed by atoms with Crippen molar-refractivity contribution in [2.45, 2.75) is 26.1 Å². The smallest absolute Gasteiger partial charge is 0.123 e. The maximum absolute atomic E-state index is 12.7. The predicted molar refractivity (Wildman–Crippen MR) is 59.3 cm³/mol. The lowest BCUT2D eigenvalue weighted by Crippen LogP contribution is -2.22. The van der Waals surface area contributed by atoms with Crippen molar-refractivity contribution in [2.24, 2.45) is 0 Å². The monoisotopic (exact) mass is 211 g/mol. The Kier molecular flexibility index (Phi) is 4.72. The molecule has 0 heterocycles. The Morgan fingerprint density at radius 1 is 1.27 bits per heavy atom. The molecule has 0 aromatic heterocycles. The Morgan fingerprint density at radius 3 is 2.33 bits per heavy atom. The number of ether oxygens (including phenoxy) is 1. The van der Waals surface area contributed by atoms with Crippen LogP contribution in [0.1, 0.15) is 25.5 Å². The zero-order valence-corrected chi connectivity index (χ0v) is 9.46. The minimum absolute atomic E-state index is 0.0180. The van der Waals surface area contributed by atoms with E-state index in [0.717, 1.165) is 12.1 Å². The average Bonchev–Trinajstić information content (AvgIpc) is 2.17. The van der Waals surface area contributed by atoms with E-state index in [-0.39, 0.29) is 18.0 Å². The van der Waals surface area contributed by atoms with Crippen LogP contribution in [0.2, 0.25) is 0 Å². The second-order valence-corrected chi connectivity index (χ2v) is 3.78. The van der Waals surface area contributed by atoms with Gasteiger partial charge >= 0.3 is 0 Å². The summed E-state index contributed by atoms with van der Waals surface area (Å²) in [5, 5.41) is 3.07. The second-order valence-electron chi connectivity index (χ2n) is 3.78. The highest BCUT2D eigenvalue weighted by atomic mass is 19.1. The molecule has 0 aliphatic rings. The van der Waals surface area contributed by atoms with Crippen molar-refractivity contribution >= 4 is 0 Å². The van der Waals surface area contributed by atoms with Gasteiger partial charge in [-0.1, -0.05) is 12.1 Å². The van der Waals surface area contributed by atoms with Gasteiger partial charge in [-0.2, -0.15) is 0 Å². The zero-order chi connectivity index (χ0) is 11.3. The molecule has 1 atom stereocenters. The molecule has 0 aliphatic carbocycles. The Balaban J connectivity index is 2.74. The van der Waals surface area contributed by atoms with Gasteiger partial charge in [0.15, 0.2) is 0 Å². The average molecular weight is 211 g/mol. The molecule has 0 saturated heterocycles. The van der Waals surface area contributed by atoms with Crippen molar-refractivity contribution in [2.75, 3.05) is 13.6 Å². The van der Waals surface area contributed by atoms with Crippen molar-refractivity contribution in [3.8, 4) is 0 Å². The molecule has 0 saturated carbocycles. The van der Waals surface area contributed by atoms with E-state index in [1.54, 1.807) is 12.1 Å². The first kappa shape index (κ1) is 12.1. The number of likely N-dealkylation sites (N-methyl/N-ethyl adjacent to an activating group) is 1. The second kappa shape index (κ2) is 5.83. The maximum atomic E-state index is 12.7. The van der Waals surface area contributed by atoms with Gasteiger partial charge in [0.1, 0.15) is 5.82 Å². The number of benzene rings is 1. The quantitative estimate of drug-likeness (QED) is 0.808. The lowest BCUT2D eigenvalue weighted by molar-refractivity contribution is 0.00811. The van der Waals surface area contributed by atoms with Crippen LogP contribution in [0, 0.1) is 5.82 Å². The Morgan fingerprint density at radius 2 is 1.87 bits per heavy atom. The van der Waals surface area contributed by atoms with Gasteiger partial charge in [-0.15, -0.1) is 0 Å². The fraction of sp³-hybridized carbons (Fsp3) is 0.500. The molecule has 0 amide bonds. The third-order valence-corrected chi connectivity index (χ3v) is 2.07. The fourth-order valence-corrected chi connectivity index (χ4v) is 1.44. The molecule has 1 N–H and O–H groups in total. The van der Waals surface area contributed by atoms with Crippen LogP contribution in [0.3, 0.4) is 0 Å². The summed E-state index contributed by atoms with van der Waals surface area (Å²) in [6.45, 7) is 4.71. The summed E-state index contributed by atoms with van der Waals surface area (Å²) in [6, 6.07) is 6.45. The van der Waals surface area contributed by atoms with E-state index in [4.69, 9.17) is 4.74 Å². The predicted octanol–water partition coefficient (Wildman–Crippen LogP) is 2.51. The molecule has 0 bridgehead atoms. The molecule has 0 radical (unpaired) electrons. The standard InChI is InChI=1S/C12H18FNO/c1-9(2)15-12(8-14-3)10-4-6-11(13)7-5-10/h4-7,9,12,14H,8H2,1-3H3. The van der Waals surface area contributed by atoms with E-state index in [1.165, 1.54) is 12.1 Å². The number of hydrogen-bond acceptors (Lipinski definition) is 2. The van der Waals surface area contributed by atoms with Gasteiger partial charge in [-0.3, -0.25) is 0 Å². The molecular formula is C12H18FNO. The first-order valence-corrected chi connectivity index (χ1v) is 5.19. The van der Waals surface area contributed by atoms with Crippen LogP contribution in [0.25, 0.3) is 0 Å². The molecule has 1 aromatic rings. The number of nitrogens with one attached hydrogen (secondary N) is 1. The lowest BCUT2D eigenvalue weighted by atomic mass is 10.1. The summed E-state index contributed by atoms with van der Waals surface area (Å²) in [5.74, 6) is -0.216. The molecule has 84 valence electrons. The van der Waals surface area contributed by atoms with E-state index in [2.05, 4.69) is 5.32 Å². The molecule has 3 heteroatoms. The Hall–Kier alpha value is -0.930. The summed E-state index contributed by atoms with van der Waals surface area (Å²) in [4.78, 5) is 0. The topological polar surface area (TPSA) is 21.3 Å². The van der Waals surface area contributed by atoms with Gasteiger partial charge in [-0.25, -0.2) is 4.39 Å². The molecule has 2 nitrogen and oxygen atoms in total. The molecule has 0 aliphatic heterocycles. The van der Waals surface area contributed by atoms with Crippen molar-refractivity contribution in [1.29, 1.82) is 0 Å². The van der Waals surface area contributed by atoms with E-state index in [9.17, 15) is 4.39 Å². The largest absolute Gasteiger partial charge is 0.370 e. The molecule has 1 aromatic carbocycles. The summed E-state index contributed by atoms with van der Waals surface area (Å²) in [5.41, 5.74) is 0.999. The lowest BCUT2D eigenvalue weighted by Gasteiger charge is -2.20. The van der Waals surface area contributed by atoms with Crippen molar-refractivity contribution < 1.29 is 9.13 Å². The highest BCUT2D eigenvalue weighted by molar-refractivity contribution is 5.19. The van der Waals surface area contributed by atoms with Crippen LogP contribution >= 0.6 is 0 Å². The molecular weight excluding hydrogens is 193 g/mol. The van der Waals surface area contributed by atoms with Crippen LogP contribution in [0.5, 0.6) is 0 Å². The van der Waals surface area contributed by atoms with Crippen LogP contribution in [0.15, 0.2) is 24.3 Å². The van der Waals surface area contributed by atoms with E-state index < -0.39 is 0 Å². The zero-order valence-electron chi connectivity index (χ0n) is 9.46. The van der Waals surface area contributed by atoms with Crippen molar-refractivity contribution in [3.63, 3.8) is 0 Å². The highest BCUT2D eigenvalue weighted by Crippen LogP contribution is 2.18. The minimum atomic E-state index is -0.216. The van der Waals surface area contributed by atoms with Crippen molar-refractivity contribution in [3.05, 3.63) is 35.6 Å². The van der Waals surface area contributed by atoms with Crippen LogP contribution < -0.4 is 5.32 Å². The van der Waals surface area contributed by atoms with Gasteiger partial charge in [0, 0.05) is 6.54 Å². The Bertz CT molecular complexity index is 284. The van der Waals surface area contributed by atoms with Gasteiger partial charge in [-0.05, 0) is 38.6 Å². The number of rotatable bonds is 5. The van der Waals surface area contributed by atoms with E-state index in [1.807, 2.05) is 20.9 Å². The summed E-state index contributed by atoms with van der Waals surface area (Å²) >= 11 is 0. The molecule has 1 rings (SSSR count). The summed E-state index contributed by atoms with van der Waals surface area (Å²) < 4.78 is 18.5. The molecule has 0 fully saturated rings. The minimum Gasteiger partial charge on any atom is -0.370 e. The van der Waals surface area contributed by atoms with Gasteiger partial charge in [0.05, 0.1) is 12.2 Å². The molecule has 0 spiro atoms. The normalized spacial score (nSPS) is 13.1. The first-order chi connectivity index (χ1) is 7.13. The number of halogens is 1. The highest BCUT2D eigenvalue weighted by Gasteiger charge is 2.12.